The van der Waals surface area contributed by atoms with Crippen LogP contribution in [0.2, 0.25) is 0 Å². The third-order valence-corrected chi connectivity index (χ3v) is 4.90. The molecule has 0 aliphatic rings. The van der Waals surface area contributed by atoms with Crippen molar-refractivity contribution >= 4 is 17.2 Å². The van der Waals surface area contributed by atoms with Crippen LogP contribution in [0.3, 0.4) is 0 Å². The summed E-state index contributed by atoms with van der Waals surface area (Å²) in [6, 6.07) is 10.5. The second kappa shape index (κ2) is 7.40. The van der Waals surface area contributed by atoms with Gasteiger partial charge in [0, 0.05) is 22.4 Å². The molecule has 0 fully saturated rings. The Morgan fingerprint density at radius 3 is 2.80 bits per heavy atom. The Bertz CT molecular complexity index is 902. The molecule has 0 atom stereocenters. The van der Waals surface area contributed by atoms with Gasteiger partial charge in [-0.25, -0.2) is 4.39 Å². The van der Waals surface area contributed by atoms with Crippen LogP contribution >= 0.6 is 11.3 Å². The summed E-state index contributed by atoms with van der Waals surface area (Å²) in [5, 5.41) is 7.71. The summed E-state index contributed by atoms with van der Waals surface area (Å²) in [4.78, 5) is 15.6. The summed E-state index contributed by atoms with van der Waals surface area (Å²) < 4.78 is 15.6. The first-order chi connectivity index (χ1) is 12.1. The fourth-order valence-corrected chi connectivity index (χ4v) is 3.50. The first kappa shape index (κ1) is 17.0. The summed E-state index contributed by atoms with van der Waals surface area (Å²) in [7, 11) is 1.78. The molecule has 25 heavy (non-hydrogen) atoms. The first-order valence-corrected chi connectivity index (χ1v) is 8.48. The Kier molecular flexibility index (Phi) is 5.04. The zero-order valence-corrected chi connectivity index (χ0v) is 14.5. The van der Waals surface area contributed by atoms with E-state index in [2.05, 4.69) is 16.9 Å². The van der Waals surface area contributed by atoms with Crippen LogP contribution in [0.25, 0.3) is 10.4 Å². The second-order valence-electron chi connectivity index (χ2n) is 5.49. The number of nitrogens with zero attached hydrogens (tertiary/aromatic N) is 4. The Morgan fingerprint density at radius 2 is 2.12 bits per heavy atom. The normalized spacial score (nSPS) is 10.6. The summed E-state index contributed by atoms with van der Waals surface area (Å²) >= 11 is 1.47. The average molecular weight is 356 g/mol. The molecule has 7 heteroatoms. The highest BCUT2D eigenvalue weighted by Crippen LogP contribution is 2.30. The maximum atomic E-state index is 13.9. The molecule has 2 aromatic heterocycles. The third kappa shape index (κ3) is 3.83. The molecule has 0 saturated heterocycles. The molecule has 0 N–H and O–H groups in total. The molecule has 0 aliphatic carbocycles. The lowest BCUT2D eigenvalue weighted by Gasteiger charge is -2.20. The highest BCUT2D eigenvalue weighted by atomic mass is 32.1. The van der Waals surface area contributed by atoms with E-state index in [4.69, 9.17) is 0 Å². The maximum absolute atomic E-state index is 13.9. The SMILES string of the molecule is C=CC(=O)N(Cc1ccc(-c2ccccc2F)s1)Cc1cnnn1C. The van der Waals surface area contributed by atoms with Crippen molar-refractivity contribution in [3.05, 3.63) is 71.6 Å². The largest absolute Gasteiger partial charge is 0.328 e. The molecule has 0 spiro atoms. The predicted molar refractivity (Wildman–Crippen MR) is 95.2 cm³/mol. The Morgan fingerprint density at radius 1 is 1.32 bits per heavy atom. The van der Waals surface area contributed by atoms with Gasteiger partial charge in [0.25, 0.3) is 0 Å². The summed E-state index contributed by atoms with van der Waals surface area (Å²) in [5.41, 5.74) is 1.39. The molecule has 3 rings (SSSR count). The van der Waals surface area contributed by atoms with E-state index < -0.39 is 0 Å². The number of halogens is 1. The molecule has 2 heterocycles. The smallest absolute Gasteiger partial charge is 0.246 e. The van der Waals surface area contributed by atoms with Crippen molar-refractivity contribution in [3.63, 3.8) is 0 Å². The monoisotopic (exact) mass is 356 g/mol. The molecule has 1 aromatic carbocycles. The summed E-state index contributed by atoms with van der Waals surface area (Å²) in [6.07, 6.45) is 2.91. The van der Waals surface area contributed by atoms with Crippen molar-refractivity contribution in [2.75, 3.05) is 0 Å². The first-order valence-electron chi connectivity index (χ1n) is 7.67. The minimum atomic E-state index is -0.254. The van der Waals surface area contributed by atoms with Crippen LogP contribution < -0.4 is 0 Å². The molecule has 128 valence electrons. The van der Waals surface area contributed by atoms with Crippen molar-refractivity contribution in [2.45, 2.75) is 13.1 Å². The van der Waals surface area contributed by atoms with Crippen LogP contribution in [-0.2, 0) is 24.9 Å². The zero-order chi connectivity index (χ0) is 17.8. The third-order valence-electron chi connectivity index (χ3n) is 3.80. The number of aryl methyl sites for hydroxylation is 1. The number of hydrogen-bond acceptors (Lipinski definition) is 4. The van der Waals surface area contributed by atoms with Gasteiger partial charge < -0.3 is 4.90 Å². The molecule has 1 amide bonds. The van der Waals surface area contributed by atoms with E-state index in [1.807, 2.05) is 12.1 Å². The predicted octanol–water partition coefficient (Wildman–Crippen LogP) is 3.40. The molecule has 3 aromatic rings. The number of rotatable bonds is 6. The number of thiophene rings is 1. The summed E-state index contributed by atoms with van der Waals surface area (Å²) in [6.45, 7) is 4.35. The number of carbonyl (C=O) groups excluding carboxylic acids is 1. The maximum Gasteiger partial charge on any atom is 0.246 e. The van der Waals surface area contributed by atoms with E-state index in [-0.39, 0.29) is 11.7 Å². The average Bonchev–Trinajstić information content (AvgIpc) is 3.23. The van der Waals surface area contributed by atoms with Crippen LogP contribution in [-0.4, -0.2) is 25.8 Å². The number of aromatic nitrogens is 3. The van der Waals surface area contributed by atoms with Gasteiger partial charge in [0.15, 0.2) is 0 Å². The fourth-order valence-electron chi connectivity index (χ4n) is 2.45. The van der Waals surface area contributed by atoms with Gasteiger partial charge >= 0.3 is 0 Å². The van der Waals surface area contributed by atoms with Gasteiger partial charge in [-0.05, 0) is 24.3 Å². The lowest BCUT2D eigenvalue weighted by Crippen LogP contribution is -2.28. The van der Waals surface area contributed by atoms with Crippen LogP contribution in [0.5, 0.6) is 0 Å². The molecule has 0 aliphatic heterocycles. The minimum Gasteiger partial charge on any atom is -0.328 e. The van der Waals surface area contributed by atoms with Gasteiger partial charge in [0.2, 0.25) is 5.91 Å². The van der Waals surface area contributed by atoms with E-state index in [9.17, 15) is 9.18 Å². The minimum absolute atomic E-state index is 0.179. The highest BCUT2D eigenvalue weighted by molar-refractivity contribution is 7.15. The van der Waals surface area contributed by atoms with Gasteiger partial charge in [0.1, 0.15) is 5.82 Å². The molecule has 0 unspecified atom stereocenters. The summed E-state index contributed by atoms with van der Waals surface area (Å²) in [5.74, 6) is -0.432. The lowest BCUT2D eigenvalue weighted by atomic mass is 10.2. The van der Waals surface area contributed by atoms with Crippen molar-refractivity contribution in [1.82, 2.24) is 19.9 Å². The van der Waals surface area contributed by atoms with E-state index in [1.165, 1.54) is 23.5 Å². The standard InChI is InChI=1S/C18H17FN4OS/c1-3-18(24)23(11-13-10-20-21-22(13)2)12-14-8-9-17(25-14)15-6-4-5-7-16(15)19/h3-10H,1,11-12H2,2H3. The van der Waals surface area contributed by atoms with E-state index >= 15 is 0 Å². The van der Waals surface area contributed by atoms with Crippen molar-refractivity contribution in [1.29, 1.82) is 0 Å². The Hall–Kier alpha value is -2.80. The van der Waals surface area contributed by atoms with E-state index in [1.54, 1.807) is 41.0 Å². The lowest BCUT2D eigenvalue weighted by molar-refractivity contribution is -0.127. The van der Waals surface area contributed by atoms with Gasteiger partial charge in [-0.2, -0.15) is 0 Å². The molecule has 0 bridgehead atoms. The molecule has 0 saturated carbocycles. The van der Waals surface area contributed by atoms with E-state index in [0.717, 1.165) is 15.4 Å². The van der Waals surface area contributed by atoms with Gasteiger partial charge in [-0.1, -0.05) is 30.0 Å². The number of hydrogen-bond donors (Lipinski definition) is 0. The van der Waals surface area contributed by atoms with Gasteiger partial charge in [0.05, 0.1) is 25.0 Å². The Labute approximate surface area is 149 Å². The van der Waals surface area contributed by atoms with Crippen molar-refractivity contribution < 1.29 is 9.18 Å². The van der Waals surface area contributed by atoms with Crippen molar-refractivity contribution in [3.8, 4) is 10.4 Å². The van der Waals surface area contributed by atoms with Crippen LogP contribution in [0.1, 0.15) is 10.6 Å². The second-order valence-corrected chi connectivity index (χ2v) is 6.66. The molecular formula is C18H17FN4OS. The van der Waals surface area contributed by atoms with E-state index in [0.29, 0.717) is 18.7 Å². The topological polar surface area (TPSA) is 51.0 Å². The fraction of sp³-hybridized carbons (Fsp3) is 0.167. The number of benzene rings is 1. The quantitative estimate of drug-likeness (QED) is 0.636. The van der Waals surface area contributed by atoms with Crippen LogP contribution in [0, 0.1) is 5.82 Å². The van der Waals surface area contributed by atoms with Gasteiger partial charge in [-0.15, -0.1) is 16.4 Å². The zero-order valence-electron chi connectivity index (χ0n) is 13.7. The molecular weight excluding hydrogens is 339 g/mol. The number of amides is 1. The van der Waals surface area contributed by atoms with Gasteiger partial charge in [-0.3, -0.25) is 9.48 Å². The number of carbonyl (C=O) groups is 1. The molecule has 5 nitrogen and oxygen atoms in total. The Balaban J connectivity index is 1.81. The van der Waals surface area contributed by atoms with Crippen LogP contribution in [0.15, 0.2) is 55.3 Å². The molecule has 0 radical (unpaired) electrons. The van der Waals surface area contributed by atoms with Crippen molar-refractivity contribution in [2.24, 2.45) is 7.05 Å². The van der Waals surface area contributed by atoms with Crippen LogP contribution in [0.4, 0.5) is 4.39 Å². The highest BCUT2D eigenvalue weighted by Gasteiger charge is 2.16.